The Labute approximate surface area is 145 Å². The quantitative estimate of drug-likeness (QED) is 0.582. The van der Waals surface area contributed by atoms with Gasteiger partial charge < -0.3 is 20.7 Å². The summed E-state index contributed by atoms with van der Waals surface area (Å²) >= 11 is 0. The van der Waals surface area contributed by atoms with E-state index >= 15 is 0 Å². The smallest absolute Gasteiger partial charge is 0.326 e. The van der Waals surface area contributed by atoms with E-state index in [-0.39, 0.29) is 12.3 Å². The van der Waals surface area contributed by atoms with E-state index in [9.17, 15) is 19.5 Å². The van der Waals surface area contributed by atoms with Crippen LogP contribution < -0.4 is 10.6 Å². The molecule has 7 nitrogen and oxygen atoms in total. The first-order chi connectivity index (χ1) is 11.9. The summed E-state index contributed by atoms with van der Waals surface area (Å²) in [6, 6.07) is 5.70. The molecule has 134 valence electrons. The molecule has 2 atom stereocenters. The van der Waals surface area contributed by atoms with Crippen LogP contribution in [0.25, 0.3) is 10.9 Å². The first-order valence-corrected chi connectivity index (χ1v) is 8.30. The van der Waals surface area contributed by atoms with E-state index in [2.05, 4.69) is 15.6 Å². The Morgan fingerprint density at radius 3 is 2.60 bits per heavy atom. The highest BCUT2D eigenvalue weighted by Gasteiger charge is 2.25. The number of carbonyl (C=O) groups is 3. The van der Waals surface area contributed by atoms with Crippen LogP contribution in [-0.2, 0) is 20.8 Å². The molecule has 0 bridgehead atoms. The van der Waals surface area contributed by atoms with Gasteiger partial charge in [-0.2, -0.15) is 0 Å². The number of aromatic amines is 1. The molecule has 0 fully saturated rings. The highest BCUT2D eigenvalue weighted by atomic mass is 16.4. The fraction of sp³-hybridized carbons (Fsp3) is 0.389. The first-order valence-electron chi connectivity index (χ1n) is 8.30. The van der Waals surface area contributed by atoms with Gasteiger partial charge in [0.05, 0.1) is 0 Å². The van der Waals surface area contributed by atoms with E-state index in [0.717, 1.165) is 16.5 Å². The Morgan fingerprint density at radius 2 is 1.92 bits per heavy atom. The highest BCUT2D eigenvalue weighted by molar-refractivity contribution is 5.90. The fourth-order valence-corrected chi connectivity index (χ4v) is 2.62. The molecule has 1 aromatic heterocycles. The number of hydrogen-bond acceptors (Lipinski definition) is 3. The second-order valence-corrected chi connectivity index (χ2v) is 6.00. The lowest BCUT2D eigenvalue weighted by molar-refractivity contribution is -0.142. The zero-order chi connectivity index (χ0) is 18.4. The van der Waals surface area contributed by atoms with Crippen molar-refractivity contribution in [2.45, 2.75) is 45.2 Å². The number of amides is 2. The summed E-state index contributed by atoms with van der Waals surface area (Å²) in [5, 5.41) is 15.4. The normalized spacial score (nSPS) is 13.2. The van der Waals surface area contributed by atoms with Gasteiger partial charge in [-0.1, -0.05) is 25.1 Å². The number of fused-ring (bicyclic) bond motifs is 1. The van der Waals surface area contributed by atoms with Crippen LogP contribution in [0.2, 0.25) is 0 Å². The van der Waals surface area contributed by atoms with E-state index in [1.54, 1.807) is 6.20 Å². The molecule has 2 rings (SSSR count). The minimum absolute atomic E-state index is 0.153. The molecule has 1 heterocycles. The largest absolute Gasteiger partial charge is 0.480 e. The summed E-state index contributed by atoms with van der Waals surface area (Å²) in [5.41, 5.74) is 1.72. The van der Waals surface area contributed by atoms with Crippen molar-refractivity contribution in [1.82, 2.24) is 15.6 Å². The number of aromatic nitrogens is 1. The van der Waals surface area contributed by atoms with E-state index in [1.165, 1.54) is 6.92 Å². The van der Waals surface area contributed by atoms with Crippen LogP contribution in [0.3, 0.4) is 0 Å². The molecule has 1 aromatic carbocycles. The molecule has 0 aliphatic carbocycles. The number of benzene rings is 1. The van der Waals surface area contributed by atoms with Gasteiger partial charge >= 0.3 is 5.97 Å². The van der Waals surface area contributed by atoms with Crippen LogP contribution in [0.5, 0.6) is 0 Å². The fourth-order valence-electron chi connectivity index (χ4n) is 2.62. The summed E-state index contributed by atoms with van der Waals surface area (Å²) in [7, 11) is 0. The number of carbonyl (C=O) groups excluding carboxylic acids is 2. The van der Waals surface area contributed by atoms with E-state index in [4.69, 9.17) is 0 Å². The van der Waals surface area contributed by atoms with Crippen molar-refractivity contribution in [2.75, 3.05) is 0 Å². The van der Waals surface area contributed by atoms with Crippen LogP contribution in [0.1, 0.15) is 32.3 Å². The molecule has 25 heavy (non-hydrogen) atoms. The molecular formula is C18H23N3O4. The molecule has 0 unspecified atom stereocenters. The number of carboxylic acid groups (broad SMARTS) is 1. The third-order valence-electron chi connectivity index (χ3n) is 3.96. The summed E-state index contributed by atoms with van der Waals surface area (Å²) in [6.07, 6.45) is 2.91. The van der Waals surface area contributed by atoms with Crippen LogP contribution in [0.15, 0.2) is 30.5 Å². The number of carboxylic acids is 1. The van der Waals surface area contributed by atoms with Crippen molar-refractivity contribution in [3.8, 4) is 0 Å². The van der Waals surface area contributed by atoms with E-state index in [1.807, 2.05) is 31.2 Å². The van der Waals surface area contributed by atoms with Crippen molar-refractivity contribution in [3.63, 3.8) is 0 Å². The van der Waals surface area contributed by atoms with Gasteiger partial charge in [-0.05, 0) is 25.0 Å². The molecular weight excluding hydrogens is 322 g/mol. The lowest BCUT2D eigenvalue weighted by Crippen LogP contribution is -2.51. The summed E-state index contributed by atoms with van der Waals surface area (Å²) in [4.78, 5) is 38.4. The third kappa shape index (κ3) is 4.82. The van der Waals surface area contributed by atoms with Gasteiger partial charge in [-0.15, -0.1) is 0 Å². The van der Waals surface area contributed by atoms with E-state index in [0.29, 0.717) is 12.8 Å². The summed E-state index contributed by atoms with van der Waals surface area (Å²) in [6.45, 7) is 3.40. The van der Waals surface area contributed by atoms with Crippen molar-refractivity contribution in [3.05, 3.63) is 36.0 Å². The van der Waals surface area contributed by atoms with Gasteiger partial charge in [0.2, 0.25) is 11.8 Å². The van der Waals surface area contributed by atoms with E-state index < -0.39 is 24.0 Å². The molecule has 2 amide bonds. The predicted molar refractivity (Wildman–Crippen MR) is 94.1 cm³/mol. The van der Waals surface area contributed by atoms with Gasteiger partial charge in [-0.3, -0.25) is 9.59 Å². The summed E-state index contributed by atoms with van der Waals surface area (Å²) < 4.78 is 0. The Hall–Kier alpha value is -2.83. The Balaban J connectivity index is 2.04. The molecule has 0 saturated carbocycles. The maximum absolute atomic E-state index is 12.2. The maximum atomic E-state index is 12.2. The van der Waals surface area contributed by atoms with Crippen LogP contribution in [0, 0.1) is 0 Å². The second kappa shape index (κ2) is 8.32. The standard InChI is InChI=1S/C18H23N3O4/c1-3-6-16(22)20-11(2)17(23)21-15(18(24)25)9-12-10-19-14-8-5-4-7-13(12)14/h4-5,7-8,10-11,15,19H,3,6,9H2,1-2H3,(H,20,22)(H,21,23)(H,24,25)/t11-,15-/m0/s1. The van der Waals surface area contributed by atoms with Crippen molar-refractivity contribution in [2.24, 2.45) is 0 Å². The van der Waals surface area contributed by atoms with Gasteiger partial charge in [0.15, 0.2) is 0 Å². The van der Waals surface area contributed by atoms with Crippen molar-refractivity contribution < 1.29 is 19.5 Å². The predicted octanol–water partition coefficient (Wildman–Crippen LogP) is 1.58. The van der Waals surface area contributed by atoms with Crippen molar-refractivity contribution in [1.29, 1.82) is 0 Å². The number of nitrogens with one attached hydrogen (secondary N) is 3. The lowest BCUT2D eigenvalue weighted by Gasteiger charge is -2.18. The van der Waals surface area contributed by atoms with Gasteiger partial charge in [-0.25, -0.2) is 4.79 Å². The number of rotatable bonds is 8. The zero-order valence-electron chi connectivity index (χ0n) is 14.3. The number of aliphatic carboxylic acids is 1. The third-order valence-corrected chi connectivity index (χ3v) is 3.96. The topological polar surface area (TPSA) is 111 Å². The Morgan fingerprint density at radius 1 is 1.20 bits per heavy atom. The molecule has 0 aliphatic rings. The Bertz CT molecular complexity index is 769. The highest BCUT2D eigenvalue weighted by Crippen LogP contribution is 2.19. The van der Waals surface area contributed by atoms with Gasteiger partial charge in [0.1, 0.15) is 12.1 Å². The summed E-state index contributed by atoms with van der Waals surface area (Å²) in [5.74, 6) is -1.86. The lowest BCUT2D eigenvalue weighted by atomic mass is 10.0. The number of hydrogen-bond donors (Lipinski definition) is 4. The van der Waals surface area contributed by atoms with Gasteiger partial charge in [0.25, 0.3) is 0 Å². The molecule has 0 aliphatic heterocycles. The Kier molecular flexibility index (Phi) is 6.16. The second-order valence-electron chi connectivity index (χ2n) is 6.00. The number of H-pyrrole nitrogens is 1. The maximum Gasteiger partial charge on any atom is 0.326 e. The average Bonchev–Trinajstić information content (AvgIpc) is 2.97. The van der Waals surface area contributed by atoms with Crippen LogP contribution >= 0.6 is 0 Å². The van der Waals surface area contributed by atoms with Crippen LogP contribution in [-0.4, -0.2) is 40.0 Å². The molecule has 7 heteroatoms. The minimum Gasteiger partial charge on any atom is -0.480 e. The monoisotopic (exact) mass is 345 g/mol. The molecule has 4 N–H and O–H groups in total. The molecule has 2 aromatic rings. The molecule has 0 spiro atoms. The zero-order valence-corrected chi connectivity index (χ0v) is 14.3. The molecule has 0 radical (unpaired) electrons. The van der Waals surface area contributed by atoms with Crippen LogP contribution in [0.4, 0.5) is 0 Å². The minimum atomic E-state index is -1.12. The SMILES string of the molecule is CCCC(=O)N[C@@H](C)C(=O)N[C@@H](Cc1c[nH]c2ccccc12)C(=O)O. The number of para-hydroxylation sites is 1. The van der Waals surface area contributed by atoms with Crippen molar-refractivity contribution >= 4 is 28.7 Å². The average molecular weight is 345 g/mol. The molecule has 0 saturated heterocycles. The van der Waals surface area contributed by atoms with Gasteiger partial charge in [0, 0.05) is 29.9 Å². The first kappa shape index (κ1) is 18.5.